The molecule has 0 bridgehead atoms. The van der Waals surface area contributed by atoms with Gasteiger partial charge in [0.2, 0.25) is 0 Å². The number of benzene rings is 1. The lowest BCUT2D eigenvalue weighted by atomic mass is 9.78. The topological polar surface area (TPSA) is 0 Å². The van der Waals surface area contributed by atoms with Gasteiger partial charge in [0, 0.05) is 8.90 Å². The van der Waals surface area contributed by atoms with Crippen molar-refractivity contribution in [2.75, 3.05) is 5.33 Å². The standard InChI is InChI=1S/C13H18BrI/c1-13(2,3)11(9-14)8-10-4-6-12(15)7-5-10/h4-7,11H,8-9H2,1-3H3. The molecule has 0 nitrogen and oxygen atoms in total. The molecule has 0 heterocycles. The summed E-state index contributed by atoms with van der Waals surface area (Å²) in [7, 11) is 0. The maximum atomic E-state index is 3.62. The lowest BCUT2D eigenvalue weighted by Crippen LogP contribution is -2.23. The van der Waals surface area contributed by atoms with E-state index >= 15 is 0 Å². The first-order chi connectivity index (χ1) is 6.93. The molecule has 0 aliphatic carbocycles. The highest BCUT2D eigenvalue weighted by Gasteiger charge is 2.23. The third-order valence-corrected chi connectivity index (χ3v) is 4.31. The molecule has 1 aromatic carbocycles. The Morgan fingerprint density at radius 3 is 2.13 bits per heavy atom. The summed E-state index contributed by atoms with van der Waals surface area (Å²) in [4.78, 5) is 0. The van der Waals surface area contributed by atoms with Crippen LogP contribution in [0.5, 0.6) is 0 Å². The fourth-order valence-corrected chi connectivity index (χ4v) is 3.06. The Hall–Kier alpha value is 0.430. The Morgan fingerprint density at radius 1 is 1.20 bits per heavy atom. The van der Waals surface area contributed by atoms with Crippen LogP contribution in [0.25, 0.3) is 0 Å². The van der Waals surface area contributed by atoms with Gasteiger partial charge in [0.15, 0.2) is 0 Å². The minimum absolute atomic E-state index is 0.368. The molecular weight excluding hydrogens is 363 g/mol. The fraction of sp³-hybridized carbons (Fsp3) is 0.538. The Labute approximate surface area is 115 Å². The molecule has 2 heteroatoms. The zero-order chi connectivity index (χ0) is 11.5. The second-order valence-corrected chi connectivity index (χ2v) is 6.94. The van der Waals surface area contributed by atoms with E-state index in [4.69, 9.17) is 0 Å². The van der Waals surface area contributed by atoms with E-state index in [0.717, 1.165) is 11.8 Å². The van der Waals surface area contributed by atoms with Crippen molar-refractivity contribution in [3.05, 3.63) is 33.4 Å². The molecule has 84 valence electrons. The van der Waals surface area contributed by atoms with Crippen LogP contribution in [0.1, 0.15) is 26.3 Å². The molecule has 0 fully saturated rings. The zero-order valence-electron chi connectivity index (χ0n) is 9.56. The van der Waals surface area contributed by atoms with Crippen LogP contribution in [0.3, 0.4) is 0 Å². The molecule has 0 radical (unpaired) electrons. The SMILES string of the molecule is CC(C)(C)C(CBr)Cc1ccc(I)cc1. The predicted octanol–water partition coefficient (Wildman–Crippen LogP) is 4.89. The molecular formula is C13H18BrI. The fourth-order valence-electron chi connectivity index (χ4n) is 1.50. The van der Waals surface area contributed by atoms with Crippen LogP contribution in [0.15, 0.2) is 24.3 Å². The molecule has 0 aliphatic rings. The predicted molar refractivity (Wildman–Crippen MR) is 79.6 cm³/mol. The summed E-state index contributed by atoms with van der Waals surface area (Å²) < 4.78 is 1.31. The van der Waals surface area contributed by atoms with Crippen molar-refractivity contribution >= 4 is 38.5 Å². The Bertz CT molecular complexity index is 297. The van der Waals surface area contributed by atoms with Gasteiger partial charge in [-0.3, -0.25) is 0 Å². The van der Waals surface area contributed by atoms with Crippen molar-refractivity contribution in [2.45, 2.75) is 27.2 Å². The van der Waals surface area contributed by atoms with Gasteiger partial charge in [-0.2, -0.15) is 0 Å². The van der Waals surface area contributed by atoms with Crippen LogP contribution < -0.4 is 0 Å². The van der Waals surface area contributed by atoms with Crippen LogP contribution in [0.2, 0.25) is 0 Å². The first-order valence-corrected chi connectivity index (χ1v) is 7.44. The molecule has 0 saturated heterocycles. The molecule has 1 rings (SSSR count). The first-order valence-electron chi connectivity index (χ1n) is 5.24. The molecule has 0 amide bonds. The van der Waals surface area contributed by atoms with Crippen molar-refractivity contribution in [3.63, 3.8) is 0 Å². The summed E-state index contributed by atoms with van der Waals surface area (Å²) in [5.41, 5.74) is 1.81. The Kier molecular flexibility index (Phi) is 5.10. The summed E-state index contributed by atoms with van der Waals surface area (Å²) in [5, 5.41) is 1.07. The largest absolute Gasteiger partial charge is 0.0925 e. The van der Waals surface area contributed by atoms with Crippen LogP contribution in [-0.4, -0.2) is 5.33 Å². The van der Waals surface area contributed by atoms with Crippen molar-refractivity contribution in [1.82, 2.24) is 0 Å². The normalized spacial score (nSPS) is 13.9. The summed E-state index contributed by atoms with van der Waals surface area (Å²) in [6, 6.07) is 8.85. The number of rotatable bonds is 3. The van der Waals surface area contributed by atoms with Gasteiger partial charge in [-0.25, -0.2) is 0 Å². The van der Waals surface area contributed by atoms with Gasteiger partial charge in [0.1, 0.15) is 0 Å². The van der Waals surface area contributed by atoms with Crippen molar-refractivity contribution in [3.8, 4) is 0 Å². The average Bonchev–Trinajstić information content (AvgIpc) is 2.15. The smallest absolute Gasteiger partial charge is 0.0130 e. The van der Waals surface area contributed by atoms with Crippen molar-refractivity contribution in [2.24, 2.45) is 11.3 Å². The van der Waals surface area contributed by atoms with E-state index in [0.29, 0.717) is 11.3 Å². The molecule has 0 aromatic heterocycles. The molecule has 0 aliphatic heterocycles. The van der Waals surface area contributed by atoms with E-state index in [-0.39, 0.29) is 0 Å². The zero-order valence-corrected chi connectivity index (χ0v) is 13.3. The maximum absolute atomic E-state index is 3.62. The first kappa shape index (κ1) is 13.5. The van der Waals surface area contributed by atoms with Gasteiger partial charge < -0.3 is 0 Å². The van der Waals surface area contributed by atoms with Crippen LogP contribution >= 0.6 is 38.5 Å². The third-order valence-electron chi connectivity index (χ3n) is 2.81. The molecule has 0 saturated carbocycles. The van der Waals surface area contributed by atoms with Gasteiger partial charge in [0.05, 0.1) is 0 Å². The van der Waals surface area contributed by atoms with E-state index in [9.17, 15) is 0 Å². The van der Waals surface area contributed by atoms with E-state index in [1.807, 2.05) is 0 Å². The lowest BCUT2D eigenvalue weighted by Gasteiger charge is -2.29. The van der Waals surface area contributed by atoms with Gasteiger partial charge in [-0.1, -0.05) is 48.8 Å². The second kappa shape index (κ2) is 5.67. The summed E-state index contributed by atoms with van der Waals surface area (Å²) in [6.45, 7) is 6.93. The maximum Gasteiger partial charge on any atom is 0.0130 e. The number of hydrogen-bond acceptors (Lipinski definition) is 0. The number of hydrogen-bond donors (Lipinski definition) is 0. The van der Waals surface area contributed by atoms with E-state index in [1.54, 1.807) is 0 Å². The van der Waals surface area contributed by atoms with E-state index in [2.05, 4.69) is 83.6 Å². The number of alkyl halides is 1. The quantitative estimate of drug-likeness (QED) is 0.517. The lowest BCUT2D eigenvalue weighted by molar-refractivity contribution is 0.267. The Balaban J connectivity index is 2.71. The molecule has 0 spiro atoms. The third kappa shape index (κ3) is 4.43. The molecule has 1 atom stereocenters. The van der Waals surface area contributed by atoms with Crippen LogP contribution in [0.4, 0.5) is 0 Å². The van der Waals surface area contributed by atoms with Crippen LogP contribution in [0, 0.1) is 14.9 Å². The van der Waals surface area contributed by atoms with E-state index in [1.165, 1.54) is 9.13 Å². The monoisotopic (exact) mass is 380 g/mol. The number of halogens is 2. The highest BCUT2D eigenvalue weighted by atomic mass is 127. The van der Waals surface area contributed by atoms with Crippen LogP contribution in [-0.2, 0) is 6.42 Å². The summed E-state index contributed by atoms with van der Waals surface area (Å²) in [6.07, 6.45) is 1.16. The molecule has 15 heavy (non-hydrogen) atoms. The Morgan fingerprint density at radius 2 is 1.73 bits per heavy atom. The highest BCUT2D eigenvalue weighted by Crippen LogP contribution is 2.30. The second-order valence-electron chi connectivity index (χ2n) is 5.05. The molecule has 1 aromatic rings. The molecule has 1 unspecified atom stereocenters. The van der Waals surface area contributed by atoms with Gasteiger partial charge in [-0.05, 0) is 58.0 Å². The van der Waals surface area contributed by atoms with E-state index < -0.39 is 0 Å². The van der Waals surface area contributed by atoms with Gasteiger partial charge >= 0.3 is 0 Å². The van der Waals surface area contributed by atoms with Crippen molar-refractivity contribution in [1.29, 1.82) is 0 Å². The average molecular weight is 381 g/mol. The summed E-state index contributed by atoms with van der Waals surface area (Å²) in [5.74, 6) is 0.692. The van der Waals surface area contributed by atoms with Gasteiger partial charge in [0.25, 0.3) is 0 Å². The minimum Gasteiger partial charge on any atom is -0.0925 e. The van der Waals surface area contributed by atoms with Gasteiger partial charge in [-0.15, -0.1) is 0 Å². The minimum atomic E-state index is 0.368. The summed E-state index contributed by atoms with van der Waals surface area (Å²) >= 11 is 5.97. The van der Waals surface area contributed by atoms with Crippen molar-refractivity contribution < 1.29 is 0 Å². The highest BCUT2D eigenvalue weighted by molar-refractivity contribution is 14.1. The molecule has 0 N–H and O–H groups in total.